The van der Waals surface area contributed by atoms with Gasteiger partial charge < -0.3 is 24.9 Å². The lowest BCUT2D eigenvalue weighted by atomic mass is 10.0. The molecule has 0 radical (unpaired) electrons. The van der Waals surface area contributed by atoms with Crippen molar-refractivity contribution in [2.24, 2.45) is 0 Å². The third kappa shape index (κ3) is 18.3. The standard InChI is InChI=1S/C22H45O8PS/c1-2-3-4-5-6-7-8-9-10-11-12-13-14-15-16-17-18-29-21(20(24)19-23)32-30-31(27,28)22(25)26/h20-21,23-24H,2-19H2,1H3,(H,25,26)(H,27,28)/t20-,21?/m0/s1. The van der Waals surface area contributed by atoms with Crippen molar-refractivity contribution in [3.05, 3.63) is 0 Å². The largest absolute Gasteiger partial charge is 0.472 e. The Morgan fingerprint density at radius 3 is 1.62 bits per heavy atom. The number of hydrogen-bond donors (Lipinski definition) is 4. The van der Waals surface area contributed by atoms with Crippen molar-refractivity contribution in [3.8, 4) is 0 Å². The first kappa shape index (κ1) is 31.9. The highest BCUT2D eigenvalue weighted by atomic mass is 32.2. The zero-order valence-electron chi connectivity index (χ0n) is 19.7. The highest BCUT2D eigenvalue weighted by molar-refractivity contribution is 8.00. The van der Waals surface area contributed by atoms with Gasteiger partial charge in [-0.05, 0) is 6.42 Å². The number of hydrogen-bond acceptors (Lipinski definition) is 7. The second-order valence-electron chi connectivity index (χ2n) is 8.27. The number of unbranched alkanes of at least 4 members (excludes halogenated alkanes) is 15. The van der Waals surface area contributed by atoms with E-state index in [1.54, 1.807) is 0 Å². The fourth-order valence-electron chi connectivity index (χ4n) is 3.27. The van der Waals surface area contributed by atoms with Crippen molar-refractivity contribution in [2.45, 2.75) is 121 Å². The zero-order chi connectivity index (χ0) is 24.1. The number of aliphatic hydroxyl groups is 2. The molecule has 0 amide bonds. The second-order valence-corrected chi connectivity index (χ2v) is 10.9. The average molecular weight is 501 g/mol. The maximum atomic E-state index is 11.3. The molecular weight excluding hydrogens is 455 g/mol. The quantitative estimate of drug-likeness (QED) is 0.0509. The predicted octanol–water partition coefficient (Wildman–Crippen LogP) is 6.47. The maximum absolute atomic E-state index is 11.3. The molecule has 0 aliphatic heterocycles. The summed E-state index contributed by atoms with van der Waals surface area (Å²) in [5, 5.41) is 27.3. The van der Waals surface area contributed by atoms with E-state index in [-0.39, 0.29) is 18.6 Å². The van der Waals surface area contributed by atoms with Crippen LogP contribution in [0.5, 0.6) is 0 Å². The van der Waals surface area contributed by atoms with Crippen LogP contribution in [-0.2, 0) is 13.3 Å². The molecular formula is C22H45O8PS. The minimum atomic E-state index is -4.84. The third-order valence-corrected chi connectivity index (χ3v) is 7.54. The SMILES string of the molecule is CCCCCCCCCCCCCCCCCCOC(SOP(=O)(O)C(=O)O)[C@@H](O)CO. The molecule has 0 aromatic heterocycles. The summed E-state index contributed by atoms with van der Waals surface area (Å²) in [5.41, 5.74) is -3.13. The molecule has 4 N–H and O–H groups in total. The first-order valence-corrected chi connectivity index (χ1v) is 14.5. The van der Waals surface area contributed by atoms with Crippen LogP contribution in [0.25, 0.3) is 0 Å². The lowest BCUT2D eigenvalue weighted by molar-refractivity contribution is -0.0157. The zero-order valence-corrected chi connectivity index (χ0v) is 21.4. The number of aliphatic hydroxyl groups excluding tert-OH is 2. The van der Waals surface area contributed by atoms with Gasteiger partial charge in [-0.3, -0.25) is 0 Å². The Morgan fingerprint density at radius 1 is 0.844 bits per heavy atom. The minimum absolute atomic E-state index is 0.252. The van der Waals surface area contributed by atoms with E-state index in [1.807, 2.05) is 0 Å². The Labute approximate surface area is 198 Å². The first-order chi connectivity index (χ1) is 15.3. The van der Waals surface area contributed by atoms with Crippen LogP contribution in [0.3, 0.4) is 0 Å². The van der Waals surface area contributed by atoms with E-state index in [0.717, 1.165) is 19.3 Å². The van der Waals surface area contributed by atoms with Crippen LogP contribution in [0, 0.1) is 0 Å². The molecule has 0 fully saturated rings. The summed E-state index contributed by atoms with van der Waals surface area (Å²) in [6, 6.07) is 0. The van der Waals surface area contributed by atoms with Crippen LogP contribution in [0.15, 0.2) is 0 Å². The normalized spacial score (nSPS) is 15.4. The van der Waals surface area contributed by atoms with E-state index in [0.29, 0.717) is 0 Å². The van der Waals surface area contributed by atoms with Gasteiger partial charge in [-0.1, -0.05) is 103 Å². The van der Waals surface area contributed by atoms with Crippen LogP contribution in [0.1, 0.15) is 110 Å². The van der Waals surface area contributed by atoms with Gasteiger partial charge in [0.1, 0.15) is 6.10 Å². The number of ether oxygens (including phenoxy) is 1. The monoisotopic (exact) mass is 500 g/mol. The van der Waals surface area contributed by atoms with Crippen LogP contribution in [0.2, 0.25) is 0 Å². The van der Waals surface area contributed by atoms with Gasteiger partial charge in [0.25, 0.3) is 0 Å². The molecule has 32 heavy (non-hydrogen) atoms. The van der Waals surface area contributed by atoms with Crippen LogP contribution in [-0.4, -0.2) is 50.7 Å². The summed E-state index contributed by atoms with van der Waals surface area (Å²) < 4.78 is 21.1. The highest BCUT2D eigenvalue weighted by Crippen LogP contribution is 2.47. The molecule has 0 rings (SSSR count). The van der Waals surface area contributed by atoms with Crippen LogP contribution >= 0.6 is 19.6 Å². The molecule has 10 heteroatoms. The van der Waals surface area contributed by atoms with Crippen molar-refractivity contribution < 1.29 is 38.3 Å². The Hall–Kier alpha value is -0.150. The van der Waals surface area contributed by atoms with E-state index < -0.39 is 31.5 Å². The van der Waals surface area contributed by atoms with E-state index in [2.05, 4.69) is 10.9 Å². The van der Waals surface area contributed by atoms with Gasteiger partial charge in [-0.2, -0.15) is 0 Å². The van der Waals surface area contributed by atoms with Gasteiger partial charge in [-0.15, -0.1) is 0 Å². The van der Waals surface area contributed by atoms with Crippen LogP contribution < -0.4 is 0 Å². The number of carbonyl (C=O) groups is 1. The molecule has 0 bridgehead atoms. The van der Waals surface area contributed by atoms with Crippen molar-refractivity contribution in [3.63, 3.8) is 0 Å². The molecule has 0 saturated carbocycles. The Kier molecular flexibility index (Phi) is 21.3. The highest BCUT2D eigenvalue weighted by Gasteiger charge is 2.34. The van der Waals surface area contributed by atoms with Gasteiger partial charge in [0, 0.05) is 18.6 Å². The first-order valence-electron chi connectivity index (χ1n) is 12.2. The molecule has 3 atom stereocenters. The van der Waals surface area contributed by atoms with Gasteiger partial charge in [0.2, 0.25) is 0 Å². The maximum Gasteiger partial charge on any atom is 0.446 e. The second kappa shape index (κ2) is 21.4. The van der Waals surface area contributed by atoms with Crippen molar-refractivity contribution >= 4 is 25.3 Å². The Balaban J connectivity index is 3.59. The molecule has 0 aliphatic carbocycles. The summed E-state index contributed by atoms with van der Waals surface area (Å²) in [6.45, 7) is 1.89. The summed E-state index contributed by atoms with van der Waals surface area (Å²) in [6.07, 6.45) is 18.7. The molecule has 192 valence electrons. The lowest BCUT2D eigenvalue weighted by Gasteiger charge is -2.21. The van der Waals surface area contributed by atoms with Crippen molar-refractivity contribution in [2.75, 3.05) is 13.2 Å². The van der Waals surface area contributed by atoms with Crippen molar-refractivity contribution in [1.82, 2.24) is 0 Å². The lowest BCUT2D eigenvalue weighted by Crippen LogP contribution is -2.30. The van der Waals surface area contributed by atoms with E-state index in [1.165, 1.54) is 83.5 Å². The molecule has 0 heterocycles. The Bertz CT molecular complexity index is 495. The fraction of sp³-hybridized carbons (Fsp3) is 0.955. The summed E-state index contributed by atoms with van der Waals surface area (Å²) >= 11 is 0.252. The fourth-order valence-corrected chi connectivity index (χ4v) is 4.70. The smallest absolute Gasteiger partial charge is 0.446 e. The van der Waals surface area contributed by atoms with E-state index in [4.69, 9.17) is 19.8 Å². The summed E-state index contributed by atoms with van der Waals surface area (Å²) in [5.74, 6) is 0. The molecule has 0 aromatic rings. The summed E-state index contributed by atoms with van der Waals surface area (Å²) in [4.78, 5) is 19.7. The minimum Gasteiger partial charge on any atom is -0.472 e. The molecule has 2 unspecified atom stereocenters. The molecule has 0 saturated heterocycles. The molecule has 8 nitrogen and oxygen atoms in total. The van der Waals surface area contributed by atoms with Gasteiger partial charge in [-0.25, -0.2) is 13.3 Å². The van der Waals surface area contributed by atoms with Crippen molar-refractivity contribution in [1.29, 1.82) is 0 Å². The van der Waals surface area contributed by atoms with Gasteiger partial charge in [0.15, 0.2) is 5.44 Å². The topological polar surface area (TPSA) is 134 Å². The number of rotatable bonds is 24. The van der Waals surface area contributed by atoms with Crippen LogP contribution in [0.4, 0.5) is 4.79 Å². The number of carboxylic acid groups (broad SMARTS) is 1. The van der Waals surface area contributed by atoms with E-state index in [9.17, 15) is 14.5 Å². The van der Waals surface area contributed by atoms with E-state index >= 15 is 0 Å². The van der Waals surface area contributed by atoms with Gasteiger partial charge >= 0.3 is 13.3 Å². The third-order valence-electron chi connectivity index (χ3n) is 5.26. The predicted molar refractivity (Wildman–Crippen MR) is 129 cm³/mol. The Morgan fingerprint density at radius 2 is 1.25 bits per heavy atom. The average Bonchev–Trinajstić information content (AvgIpc) is 2.77. The summed E-state index contributed by atoms with van der Waals surface area (Å²) in [7, 11) is -4.84. The molecule has 0 spiro atoms. The van der Waals surface area contributed by atoms with Gasteiger partial charge in [0.05, 0.1) is 6.61 Å². The molecule has 0 aliphatic rings. The molecule has 0 aromatic carbocycles.